The average Bonchev–Trinajstić information content (AvgIpc) is 3.02. The Hall–Kier alpha value is -2.28. The number of carboxylic acid groups (broad SMARTS) is 1. The highest BCUT2D eigenvalue weighted by Gasteiger charge is 2.39. The van der Waals surface area contributed by atoms with Gasteiger partial charge in [0.1, 0.15) is 6.26 Å². The molecule has 2 aliphatic heterocycles. The van der Waals surface area contributed by atoms with Crippen LogP contribution in [0.1, 0.15) is 40.2 Å². The Kier molecular flexibility index (Phi) is 3.80. The third-order valence-electron chi connectivity index (χ3n) is 4.54. The van der Waals surface area contributed by atoms with Crippen LogP contribution in [0.3, 0.4) is 0 Å². The molecule has 124 valence electrons. The summed E-state index contributed by atoms with van der Waals surface area (Å²) in [7, 11) is 0. The van der Waals surface area contributed by atoms with E-state index in [0.29, 0.717) is 19.0 Å². The van der Waals surface area contributed by atoms with Crippen molar-refractivity contribution in [1.29, 1.82) is 0 Å². The monoisotopic (exact) mass is 344 g/mol. The largest absolute Gasteiger partial charge is 0.476 e. The lowest BCUT2D eigenvalue weighted by molar-refractivity contribution is -0.137. The second-order valence-electron chi connectivity index (χ2n) is 6.04. The molecule has 3 heterocycles. The number of likely N-dealkylation sites (tertiary alicyclic amines) is 1. The SMILES string of the molecule is O=C(O)c1coc(C2CN(C(=O)C3CCSc4ccccc43)C2)n1. The number of amides is 1. The molecule has 1 aromatic heterocycles. The van der Waals surface area contributed by atoms with Crippen molar-refractivity contribution in [2.24, 2.45) is 0 Å². The lowest BCUT2D eigenvalue weighted by Crippen LogP contribution is -2.50. The summed E-state index contributed by atoms with van der Waals surface area (Å²) in [6.45, 7) is 1.06. The molecule has 1 amide bonds. The Labute approximate surface area is 142 Å². The van der Waals surface area contributed by atoms with Crippen LogP contribution < -0.4 is 0 Å². The van der Waals surface area contributed by atoms with Crippen molar-refractivity contribution in [2.45, 2.75) is 23.2 Å². The van der Waals surface area contributed by atoms with Crippen LogP contribution >= 0.6 is 11.8 Å². The number of fused-ring (bicyclic) bond motifs is 1. The number of hydrogen-bond donors (Lipinski definition) is 1. The van der Waals surface area contributed by atoms with E-state index in [1.807, 2.05) is 23.1 Å². The van der Waals surface area contributed by atoms with E-state index in [2.05, 4.69) is 11.1 Å². The fourth-order valence-corrected chi connectivity index (χ4v) is 4.33. The summed E-state index contributed by atoms with van der Waals surface area (Å²) >= 11 is 1.80. The number of aromatic carboxylic acids is 1. The number of aromatic nitrogens is 1. The number of nitrogens with zero attached hydrogens (tertiary/aromatic N) is 2. The minimum absolute atomic E-state index is 0.0183. The van der Waals surface area contributed by atoms with E-state index < -0.39 is 5.97 Å². The number of carbonyl (C=O) groups is 2. The summed E-state index contributed by atoms with van der Waals surface area (Å²) in [5, 5.41) is 8.89. The van der Waals surface area contributed by atoms with Crippen LogP contribution in [0.5, 0.6) is 0 Å². The van der Waals surface area contributed by atoms with Crippen molar-refractivity contribution in [2.75, 3.05) is 18.8 Å². The van der Waals surface area contributed by atoms with E-state index in [4.69, 9.17) is 9.52 Å². The van der Waals surface area contributed by atoms with Crippen molar-refractivity contribution < 1.29 is 19.1 Å². The Morgan fingerprint density at radius 3 is 2.83 bits per heavy atom. The summed E-state index contributed by atoms with van der Waals surface area (Å²) < 4.78 is 5.23. The molecule has 2 aliphatic rings. The molecule has 1 unspecified atom stereocenters. The minimum Gasteiger partial charge on any atom is -0.476 e. The predicted octanol–water partition coefficient (Wildman–Crippen LogP) is 2.58. The lowest BCUT2D eigenvalue weighted by Gasteiger charge is -2.40. The molecular weight excluding hydrogens is 328 g/mol. The molecule has 0 bridgehead atoms. The summed E-state index contributed by atoms with van der Waals surface area (Å²) in [6.07, 6.45) is 2.00. The maximum Gasteiger partial charge on any atom is 0.357 e. The molecule has 1 fully saturated rings. The van der Waals surface area contributed by atoms with Crippen molar-refractivity contribution in [3.05, 3.63) is 47.7 Å². The highest BCUT2D eigenvalue weighted by atomic mass is 32.2. The average molecular weight is 344 g/mol. The molecule has 6 nitrogen and oxygen atoms in total. The maximum absolute atomic E-state index is 12.8. The summed E-state index contributed by atoms with van der Waals surface area (Å²) in [5.41, 5.74) is 1.03. The Morgan fingerprint density at radius 2 is 2.08 bits per heavy atom. The molecule has 0 saturated carbocycles. The molecule has 0 radical (unpaired) electrons. The molecule has 0 aliphatic carbocycles. The number of hydrogen-bond acceptors (Lipinski definition) is 5. The van der Waals surface area contributed by atoms with E-state index in [0.717, 1.165) is 24.0 Å². The van der Waals surface area contributed by atoms with Gasteiger partial charge in [0.25, 0.3) is 0 Å². The summed E-state index contributed by atoms with van der Waals surface area (Å²) in [6, 6.07) is 8.08. The van der Waals surface area contributed by atoms with Crippen LogP contribution in [0, 0.1) is 0 Å². The van der Waals surface area contributed by atoms with E-state index in [1.165, 1.54) is 4.90 Å². The van der Waals surface area contributed by atoms with Crippen LogP contribution in [0.15, 0.2) is 39.8 Å². The predicted molar refractivity (Wildman–Crippen MR) is 87.3 cm³/mol. The van der Waals surface area contributed by atoms with E-state index in [1.54, 1.807) is 11.8 Å². The van der Waals surface area contributed by atoms with Crippen LogP contribution in [0.4, 0.5) is 0 Å². The first-order valence-corrected chi connectivity index (χ1v) is 8.81. The standard InChI is InChI=1S/C17H16N2O4S/c20-16(12-5-6-24-14-4-2-1-3-11(12)14)19-7-10(8-19)15-18-13(9-23-15)17(21)22/h1-4,9-10,12H,5-8H2,(H,21,22). The number of benzene rings is 1. The molecule has 4 rings (SSSR count). The zero-order valence-electron chi connectivity index (χ0n) is 12.8. The van der Waals surface area contributed by atoms with Crippen LogP contribution in [-0.4, -0.2) is 45.7 Å². The third kappa shape index (κ3) is 2.58. The van der Waals surface area contributed by atoms with Gasteiger partial charge in [0.2, 0.25) is 11.8 Å². The van der Waals surface area contributed by atoms with Gasteiger partial charge in [0.05, 0.1) is 11.8 Å². The van der Waals surface area contributed by atoms with Crippen LogP contribution in [-0.2, 0) is 4.79 Å². The lowest BCUT2D eigenvalue weighted by atomic mass is 9.91. The molecule has 1 saturated heterocycles. The summed E-state index contributed by atoms with van der Waals surface area (Å²) in [5.74, 6) is 0.290. The van der Waals surface area contributed by atoms with Gasteiger partial charge in [-0.25, -0.2) is 9.78 Å². The van der Waals surface area contributed by atoms with Crippen molar-refractivity contribution in [1.82, 2.24) is 9.88 Å². The van der Waals surface area contributed by atoms with Crippen LogP contribution in [0.2, 0.25) is 0 Å². The first-order valence-electron chi connectivity index (χ1n) is 7.82. The van der Waals surface area contributed by atoms with Gasteiger partial charge in [-0.1, -0.05) is 18.2 Å². The Morgan fingerprint density at radius 1 is 1.29 bits per heavy atom. The van der Waals surface area contributed by atoms with E-state index in [-0.39, 0.29) is 23.4 Å². The normalized spacial score (nSPS) is 20.3. The molecule has 0 spiro atoms. The van der Waals surface area contributed by atoms with Crippen molar-refractivity contribution in [3.8, 4) is 0 Å². The number of oxazole rings is 1. The van der Waals surface area contributed by atoms with Crippen LogP contribution in [0.25, 0.3) is 0 Å². The van der Waals surface area contributed by atoms with Gasteiger partial charge in [-0.15, -0.1) is 11.8 Å². The van der Waals surface area contributed by atoms with Gasteiger partial charge in [0, 0.05) is 18.0 Å². The molecule has 1 aromatic carbocycles. The minimum atomic E-state index is -1.10. The van der Waals surface area contributed by atoms with Gasteiger partial charge in [-0.3, -0.25) is 4.79 Å². The first-order chi connectivity index (χ1) is 11.6. The fraction of sp³-hybridized carbons (Fsp3) is 0.353. The molecule has 1 N–H and O–H groups in total. The zero-order chi connectivity index (χ0) is 16.7. The smallest absolute Gasteiger partial charge is 0.357 e. The fourth-order valence-electron chi connectivity index (χ4n) is 3.21. The topological polar surface area (TPSA) is 83.6 Å². The quantitative estimate of drug-likeness (QED) is 0.921. The molecular formula is C17H16N2O4S. The second-order valence-corrected chi connectivity index (χ2v) is 7.18. The maximum atomic E-state index is 12.8. The number of thioether (sulfide) groups is 1. The highest BCUT2D eigenvalue weighted by molar-refractivity contribution is 7.99. The van der Waals surface area contributed by atoms with Gasteiger partial charge >= 0.3 is 5.97 Å². The Bertz CT molecular complexity index is 797. The van der Waals surface area contributed by atoms with Crippen molar-refractivity contribution in [3.63, 3.8) is 0 Å². The number of carboxylic acids is 1. The highest BCUT2D eigenvalue weighted by Crippen LogP contribution is 2.40. The van der Waals surface area contributed by atoms with Crippen molar-refractivity contribution >= 4 is 23.6 Å². The molecule has 24 heavy (non-hydrogen) atoms. The number of rotatable bonds is 3. The summed E-state index contributed by atoms with van der Waals surface area (Å²) in [4.78, 5) is 30.6. The van der Waals surface area contributed by atoms with Gasteiger partial charge < -0.3 is 14.4 Å². The molecule has 7 heteroatoms. The third-order valence-corrected chi connectivity index (χ3v) is 5.66. The second kappa shape index (κ2) is 5.98. The number of carbonyl (C=O) groups excluding carboxylic acids is 1. The van der Waals surface area contributed by atoms with Gasteiger partial charge in [-0.2, -0.15) is 0 Å². The van der Waals surface area contributed by atoms with Gasteiger partial charge in [-0.05, 0) is 23.8 Å². The zero-order valence-corrected chi connectivity index (χ0v) is 13.7. The first kappa shape index (κ1) is 15.3. The molecule has 2 aromatic rings. The van der Waals surface area contributed by atoms with E-state index >= 15 is 0 Å². The van der Waals surface area contributed by atoms with Gasteiger partial charge in [0.15, 0.2) is 5.69 Å². The molecule has 1 atom stereocenters. The van der Waals surface area contributed by atoms with E-state index in [9.17, 15) is 9.59 Å². The Balaban J connectivity index is 1.44.